The first kappa shape index (κ1) is 11.7. The van der Waals surface area contributed by atoms with Crippen molar-refractivity contribution in [3.05, 3.63) is 41.2 Å². The van der Waals surface area contributed by atoms with E-state index in [0.717, 1.165) is 22.9 Å². The van der Waals surface area contributed by atoms with E-state index in [1.807, 2.05) is 38.2 Å². The van der Waals surface area contributed by atoms with Crippen molar-refractivity contribution in [2.24, 2.45) is 0 Å². The molecule has 0 aliphatic rings. The predicted molar refractivity (Wildman–Crippen MR) is 71.1 cm³/mol. The van der Waals surface area contributed by atoms with Crippen LogP contribution in [0.2, 0.25) is 5.02 Å². The third kappa shape index (κ3) is 2.85. The average Bonchev–Trinajstić information content (AvgIpc) is 2.34. The monoisotopic (exact) mass is 248 g/mol. The highest BCUT2D eigenvalue weighted by Gasteiger charge is 2.02. The van der Waals surface area contributed by atoms with Gasteiger partial charge in [0.2, 0.25) is 0 Å². The maximum atomic E-state index is 5.96. The van der Waals surface area contributed by atoms with Gasteiger partial charge in [-0.05, 0) is 24.6 Å². The summed E-state index contributed by atoms with van der Waals surface area (Å²) in [6.45, 7) is 2.01. The molecule has 0 unspecified atom stereocenters. The molecule has 0 spiro atoms. The summed E-state index contributed by atoms with van der Waals surface area (Å²) < 4.78 is 0. The van der Waals surface area contributed by atoms with Gasteiger partial charge in [-0.15, -0.1) is 0 Å². The lowest BCUT2D eigenvalue weighted by atomic mass is 10.2. The molecule has 0 aliphatic heterocycles. The number of benzene rings is 1. The number of rotatable bonds is 3. The first-order valence-electron chi connectivity index (χ1n) is 5.22. The van der Waals surface area contributed by atoms with Crippen LogP contribution in [0.3, 0.4) is 0 Å². The third-order valence-electron chi connectivity index (χ3n) is 2.39. The van der Waals surface area contributed by atoms with Crippen molar-refractivity contribution in [1.29, 1.82) is 0 Å². The standard InChI is InChI=1S/C12H13ClN4/c1-8-3-4-9(13)5-10(8)17-12-6-11(14-2)15-7-16-12/h3-7H,1-2H3,(H2,14,15,16,17). The lowest BCUT2D eigenvalue weighted by Gasteiger charge is -2.09. The average molecular weight is 249 g/mol. The van der Waals surface area contributed by atoms with Crippen LogP contribution in [0.25, 0.3) is 0 Å². The number of aromatic nitrogens is 2. The Bertz CT molecular complexity index is 528. The molecule has 1 heterocycles. The molecule has 2 N–H and O–H groups in total. The highest BCUT2D eigenvalue weighted by Crippen LogP contribution is 2.23. The van der Waals surface area contributed by atoms with Crippen molar-refractivity contribution in [2.45, 2.75) is 6.92 Å². The van der Waals surface area contributed by atoms with Gasteiger partial charge in [-0.25, -0.2) is 9.97 Å². The molecule has 0 bridgehead atoms. The summed E-state index contributed by atoms with van der Waals surface area (Å²) in [5.74, 6) is 1.50. The number of halogens is 1. The number of hydrogen-bond donors (Lipinski definition) is 2. The molecule has 1 aromatic heterocycles. The summed E-state index contributed by atoms with van der Waals surface area (Å²) in [5, 5.41) is 6.87. The van der Waals surface area contributed by atoms with Crippen LogP contribution in [0.1, 0.15) is 5.56 Å². The Morgan fingerprint density at radius 3 is 2.65 bits per heavy atom. The smallest absolute Gasteiger partial charge is 0.135 e. The van der Waals surface area contributed by atoms with Crippen molar-refractivity contribution in [1.82, 2.24) is 9.97 Å². The molecular weight excluding hydrogens is 236 g/mol. The van der Waals surface area contributed by atoms with E-state index in [1.165, 1.54) is 6.33 Å². The summed E-state index contributed by atoms with van der Waals surface area (Å²) in [4.78, 5) is 8.20. The molecule has 0 amide bonds. The van der Waals surface area contributed by atoms with E-state index in [-0.39, 0.29) is 0 Å². The molecule has 88 valence electrons. The quantitative estimate of drug-likeness (QED) is 0.876. The summed E-state index contributed by atoms with van der Waals surface area (Å²) in [6.07, 6.45) is 1.51. The maximum Gasteiger partial charge on any atom is 0.135 e. The van der Waals surface area contributed by atoms with Crippen LogP contribution in [-0.4, -0.2) is 17.0 Å². The van der Waals surface area contributed by atoms with E-state index in [9.17, 15) is 0 Å². The van der Waals surface area contributed by atoms with Gasteiger partial charge >= 0.3 is 0 Å². The first-order chi connectivity index (χ1) is 8.19. The lowest BCUT2D eigenvalue weighted by Crippen LogP contribution is -1.99. The van der Waals surface area contributed by atoms with E-state index in [0.29, 0.717) is 5.02 Å². The normalized spacial score (nSPS) is 10.1. The van der Waals surface area contributed by atoms with Crippen LogP contribution in [-0.2, 0) is 0 Å². The van der Waals surface area contributed by atoms with Crippen LogP contribution in [0.4, 0.5) is 17.3 Å². The van der Waals surface area contributed by atoms with E-state index in [4.69, 9.17) is 11.6 Å². The molecule has 0 radical (unpaired) electrons. The second-order valence-electron chi connectivity index (χ2n) is 3.62. The fourth-order valence-corrected chi connectivity index (χ4v) is 1.60. The third-order valence-corrected chi connectivity index (χ3v) is 2.62. The van der Waals surface area contributed by atoms with Crippen molar-refractivity contribution >= 4 is 28.9 Å². The van der Waals surface area contributed by atoms with E-state index in [1.54, 1.807) is 0 Å². The summed E-state index contributed by atoms with van der Waals surface area (Å²) in [6, 6.07) is 7.53. The fourth-order valence-electron chi connectivity index (χ4n) is 1.43. The number of hydrogen-bond acceptors (Lipinski definition) is 4. The molecule has 2 rings (SSSR count). The molecule has 17 heavy (non-hydrogen) atoms. The number of anilines is 3. The Morgan fingerprint density at radius 2 is 1.88 bits per heavy atom. The van der Waals surface area contributed by atoms with Crippen molar-refractivity contribution in [3.63, 3.8) is 0 Å². The summed E-state index contributed by atoms with van der Waals surface area (Å²) in [5.41, 5.74) is 2.05. The van der Waals surface area contributed by atoms with Gasteiger partial charge in [-0.2, -0.15) is 0 Å². The lowest BCUT2D eigenvalue weighted by molar-refractivity contribution is 1.16. The van der Waals surface area contributed by atoms with Gasteiger partial charge in [0.1, 0.15) is 18.0 Å². The number of aryl methyl sites for hydroxylation is 1. The van der Waals surface area contributed by atoms with E-state index < -0.39 is 0 Å². The molecule has 1 aromatic carbocycles. The minimum atomic E-state index is 0.695. The van der Waals surface area contributed by atoms with E-state index in [2.05, 4.69) is 20.6 Å². The van der Waals surface area contributed by atoms with Crippen LogP contribution in [0.5, 0.6) is 0 Å². The fraction of sp³-hybridized carbons (Fsp3) is 0.167. The zero-order chi connectivity index (χ0) is 12.3. The second kappa shape index (κ2) is 5.01. The molecule has 0 atom stereocenters. The SMILES string of the molecule is CNc1cc(Nc2cc(Cl)ccc2C)ncn1. The summed E-state index contributed by atoms with van der Waals surface area (Å²) in [7, 11) is 1.82. The zero-order valence-corrected chi connectivity index (χ0v) is 10.4. The van der Waals surface area contributed by atoms with Crippen molar-refractivity contribution < 1.29 is 0 Å². The highest BCUT2D eigenvalue weighted by molar-refractivity contribution is 6.30. The van der Waals surface area contributed by atoms with Crippen molar-refractivity contribution in [3.8, 4) is 0 Å². The van der Waals surface area contributed by atoms with Crippen LogP contribution in [0, 0.1) is 6.92 Å². The van der Waals surface area contributed by atoms with Crippen LogP contribution in [0.15, 0.2) is 30.6 Å². The van der Waals surface area contributed by atoms with Gasteiger partial charge in [-0.1, -0.05) is 17.7 Å². The minimum Gasteiger partial charge on any atom is -0.373 e. The molecule has 0 aliphatic carbocycles. The Labute approximate surface area is 105 Å². The highest BCUT2D eigenvalue weighted by atomic mass is 35.5. The molecule has 0 saturated carbocycles. The van der Waals surface area contributed by atoms with Crippen LogP contribution < -0.4 is 10.6 Å². The second-order valence-corrected chi connectivity index (χ2v) is 4.06. The Hall–Kier alpha value is -1.81. The van der Waals surface area contributed by atoms with Gasteiger partial charge in [0.25, 0.3) is 0 Å². The Kier molecular flexibility index (Phi) is 3.44. The Morgan fingerprint density at radius 1 is 1.12 bits per heavy atom. The Balaban J connectivity index is 2.27. The van der Waals surface area contributed by atoms with Gasteiger partial charge in [0, 0.05) is 23.8 Å². The van der Waals surface area contributed by atoms with Gasteiger partial charge < -0.3 is 10.6 Å². The molecule has 5 heteroatoms. The molecular formula is C12H13ClN4. The topological polar surface area (TPSA) is 49.8 Å². The molecule has 0 saturated heterocycles. The number of nitrogens with zero attached hydrogens (tertiary/aromatic N) is 2. The summed E-state index contributed by atoms with van der Waals surface area (Å²) >= 11 is 5.96. The first-order valence-corrected chi connectivity index (χ1v) is 5.60. The molecule has 4 nitrogen and oxygen atoms in total. The van der Waals surface area contributed by atoms with Gasteiger partial charge in [0.05, 0.1) is 0 Å². The predicted octanol–water partition coefficient (Wildman–Crippen LogP) is 3.22. The molecule has 2 aromatic rings. The van der Waals surface area contributed by atoms with E-state index >= 15 is 0 Å². The van der Waals surface area contributed by atoms with Gasteiger partial charge in [0.15, 0.2) is 0 Å². The minimum absolute atomic E-state index is 0.695. The maximum absolute atomic E-state index is 5.96. The largest absolute Gasteiger partial charge is 0.373 e. The van der Waals surface area contributed by atoms with Crippen molar-refractivity contribution in [2.75, 3.05) is 17.7 Å². The number of nitrogens with one attached hydrogen (secondary N) is 2. The van der Waals surface area contributed by atoms with Gasteiger partial charge in [-0.3, -0.25) is 0 Å². The zero-order valence-electron chi connectivity index (χ0n) is 9.66. The molecule has 0 fully saturated rings. The van der Waals surface area contributed by atoms with Crippen LogP contribution >= 0.6 is 11.6 Å².